The Bertz CT molecular complexity index is 548. The molecule has 0 saturated carbocycles. The average Bonchev–Trinajstić information content (AvgIpc) is 2.22. The van der Waals surface area contributed by atoms with Crippen molar-refractivity contribution < 1.29 is 22.3 Å². The van der Waals surface area contributed by atoms with Gasteiger partial charge in [0.1, 0.15) is 16.5 Å². The molecule has 8 heteroatoms. The van der Waals surface area contributed by atoms with E-state index in [9.17, 15) is 17.2 Å². The van der Waals surface area contributed by atoms with Crippen molar-refractivity contribution >= 4 is 26.0 Å². The van der Waals surface area contributed by atoms with Crippen LogP contribution in [0.1, 0.15) is 6.92 Å². The number of hydrogen-bond donors (Lipinski definition) is 1. The monoisotopic (exact) mass is 343 g/mol. The van der Waals surface area contributed by atoms with Crippen molar-refractivity contribution in [1.29, 1.82) is 0 Å². The second-order valence-corrected chi connectivity index (χ2v) is 6.70. The minimum absolute atomic E-state index is 0.155. The number of aliphatic hydroxyl groups is 1. The number of aliphatic hydroxyl groups excluding tert-OH is 1. The first kappa shape index (κ1) is 15.5. The fraction of sp³-hybridized carbons (Fsp3) is 0.400. The van der Waals surface area contributed by atoms with Crippen molar-refractivity contribution in [3.63, 3.8) is 0 Å². The minimum Gasteiger partial charge on any atom is -0.392 e. The number of sulfonamides is 1. The maximum absolute atomic E-state index is 13.6. The topological polar surface area (TPSA) is 57.6 Å². The number of rotatable bonds is 4. The van der Waals surface area contributed by atoms with Crippen molar-refractivity contribution in [2.24, 2.45) is 0 Å². The van der Waals surface area contributed by atoms with E-state index in [2.05, 4.69) is 15.9 Å². The molecular weight excluding hydrogens is 332 g/mol. The normalized spacial score (nSPS) is 13.9. The predicted octanol–water partition coefficient (Wildman–Crippen LogP) is 1.73. The Kier molecular flexibility index (Phi) is 4.82. The van der Waals surface area contributed by atoms with Gasteiger partial charge in [-0.2, -0.15) is 4.31 Å². The third-order valence-corrected chi connectivity index (χ3v) is 4.63. The second-order valence-electron chi connectivity index (χ2n) is 3.83. The molecule has 0 fully saturated rings. The summed E-state index contributed by atoms with van der Waals surface area (Å²) < 4.78 is 51.3. The zero-order valence-corrected chi connectivity index (χ0v) is 12.1. The lowest BCUT2D eigenvalue weighted by molar-refractivity contribution is 0.171. The summed E-state index contributed by atoms with van der Waals surface area (Å²) >= 11 is 2.76. The van der Waals surface area contributed by atoms with E-state index in [4.69, 9.17) is 5.11 Å². The fourth-order valence-corrected chi connectivity index (χ4v) is 2.96. The standard InChI is InChI=1S/C10H12BrF2NO3S/c1-6(15)5-14(2)18(16,17)10-4-8(12)7(11)3-9(10)13/h3-4,6,15H,5H2,1-2H3. The zero-order chi connectivity index (χ0) is 14.1. The van der Waals surface area contributed by atoms with E-state index < -0.39 is 32.7 Å². The Morgan fingerprint density at radius 2 is 1.94 bits per heavy atom. The Labute approximate surface area is 112 Å². The van der Waals surface area contributed by atoms with Crippen molar-refractivity contribution in [2.45, 2.75) is 17.9 Å². The summed E-state index contributed by atoms with van der Waals surface area (Å²) in [5, 5.41) is 9.12. The third-order valence-electron chi connectivity index (χ3n) is 2.18. The number of nitrogens with zero attached hydrogens (tertiary/aromatic N) is 1. The van der Waals surface area contributed by atoms with E-state index in [-0.39, 0.29) is 11.0 Å². The van der Waals surface area contributed by atoms with E-state index in [0.717, 1.165) is 10.4 Å². The minimum atomic E-state index is -4.17. The molecule has 0 aliphatic carbocycles. The van der Waals surface area contributed by atoms with Crippen molar-refractivity contribution in [3.05, 3.63) is 28.2 Å². The Balaban J connectivity index is 3.24. The first-order valence-corrected chi connectivity index (χ1v) is 7.18. The highest BCUT2D eigenvalue weighted by molar-refractivity contribution is 9.10. The van der Waals surface area contributed by atoms with Gasteiger partial charge in [0.25, 0.3) is 0 Å². The van der Waals surface area contributed by atoms with Gasteiger partial charge in [-0.05, 0) is 35.0 Å². The van der Waals surface area contributed by atoms with Gasteiger partial charge in [0, 0.05) is 13.6 Å². The lowest BCUT2D eigenvalue weighted by Crippen LogP contribution is -2.33. The molecule has 0 radical (unpaired) electrons. The van der Waals surface area contributed by atoms with Crippen LogP contribution < -0.4 is 0 Å². The molecule has 4 nitrogen and oxygen atoms in total. The van der Waals surface area contributed by atoms with Gasteiger partial charge in [-0.15, -0.1) is 0 Å². The van der Waals surface area contributed by atoms with Crippen LogP contribution >= 0.6 is 15.9 Å². The molecule has 1 unspecified atom stereocenters. The van der Waals surface area contributed by atoms with Gasteiger partial charge in [0.15, 0.2) is 0 Å². The highest BCUT2D eigenvalue weighted by Crippen LogP contribution is 2.25. The Morgan fingerprint density at radius 3 is 2.44 bits per heavy atom. The van der Waals surface area contributed by atoms with Gasteiger partial charge in [0.2, 0.25) is 10.0 Å². The quantitative estimate of drug-likeness (QED) is 0.847. The summed E-state index contributed by atoms with van der Waals surface area (Å²) in [6, 6.07) is 1.35. The molecule has 1 N–H and O–H groups in total. The first-order valence-electron chi connectivity index (χ1n) is 4.95. The Hall–Kier alpha value is -0.570. The molecule has 0 spiro atoms. The molecule has 0 aromatic heterocycles. The van der Waals surface area contributed by atoms with Crippen molar-refractivity contribution in [3.8, 4) is 0 Å². The number of likely N-dealkylation sites (N-methyl/N-ethyl adjacent to an activating group) is 1. The van der Waals surface area contributed by atoms with Crippen LogP contribution in [0.5, 0.6) is 0 Å². The molecule has 0 amide bonds. The lowest BCUT2D eigenvalue weighted by atomic mass is 10.3. The largest absolute Gasteiger partial charge is 0.392 e. The molecule has 0 aliphatic rings. The van der Waals surface area contributed by atoms with Crippen LogP contribution in [0, 0.1) is 11.6 Å². The van der Waals surface area contributed by atoms with Crippen LogP contribution in [0.25, 0.3) is 0 Å². The molecule has 0 aliphatic heterocycles. The first-order chi connectivity index (χ1) is 8.16. The van der Waals surface area contributed by atoms with E-state index in [1.807, 2.05) is 0 Å². The summed E-state index contributed by atoms with van der Waals surface area (Å²) in [6.45, 7) is 1.18. The summed E-state index contributed by atoms with van der Waals surface area (Å²) in [4.78, 5) is -0.758. The molecule has 0 saturated heterocycles. The van der Waals surface area contributed by atoms with Gasteiger partial charge in [-0.3, -0.25) is 0 Å². The number of halogens is 3. The van der Waals surface area contributed by atoms with Crippen LogP contribution in [0.2, 0.25) is 0 Å². The number of hydrogen-bond acceptors (Lipinski definition) is 3. The van der Waals surface area contributed by atoms with Gasteiger partial charge in [-0.1, -0.05) is 0 Å². The summed E-state index contributed by atoms with van der Waals surface area (Å²) in [5.41, 5.74) is 0. The molecule has 0 bridgehead atoms. The van der Waals surface area contributed by atoms with Crippen molar-refractivity contribution in [1.82, 2.24) is 4.31 Å². The highest BCUT2D eigenvalue weighted by Gasteiger charge is 2.26. The van der Waals surface area contributed by atoms with Crippen LogP contribution in [0.4, 0.5) is 8.78 Å². The van der Waals surface area contributed by atoms with E-state index in [1.54, 1.807) is 0 Å². The predicted molar refractivity (Wildman–Crippen MR) is 65.6 cm³/mol. The smallest absolute Gasteiger partial charge is 0.245 e. The summed E-state index contributed by atoms with van der Waals surface area (Å²) in [7, 11) is -2.98. The average molecular weight is 344 g/mol. The fourth-order valence-electron chi connectivity index (χ4n) is 1.34. The maximum Gasteiger partial charge on any atom is 0.245 e. The Morgan fingerprint density at radius 1 is 1.39 bits per heavy atom. The second kappa shape index (κ2) is 5.60. The molecule has 1 aromatic carbocycles. The van der Waals surface area contributed by atoms with Gasteiger partial charge < -0.3 is 5.11 Å². The van der Waals surface area contributed by atoms with Gasteiger partial charge >= 0.3 is 0 Å². The lowest BCUT2D eigenvalue weighted by Gasteiger charge is -2.19. The summed E-state index contributed by atoms with van der Waals surface area (Å²) in [6.07, 6.45) is -0.909. The maximum atomic E-state index is 13.6. The molecular formula is C10H12BrF2NO3S. The van der Waals surface area contributed by atoms with Gasteiger partial charge in [-0.25, -0.2) is 17.2 Å². The summed E-state index contributed by atoms with van der Waals surface area (Å²) in [5.74, 6) is -1.93. The van der Waals surface area contributed by atoms with E-state index in [0.29, 0.717) is 6.07 Å². The third kappa shape index (κ3) is 3.25. The highest BCUT2D eigenvalue weighted by atomic mass is 79.9. The van der Waals surface area contributed by atoms with Crippen molar-refractivity contribution in [2.75, 3.05) is 13.6 Å². The molecule has 18 heavy (non-hydrogen) atoms. The molecule has 102 valence electrons. The van der Waals surface area contributed by atoms with Crippen LogP contribution in [0.3, 0.4) is 0 Å². The molecule has 1 aromatic rings. The van der Waals surface area contributed by atoms with Crippen LogP contribution in [-0.4, -0.2) is 37.5 Å². The SMILES string of the molecule is CC(O)CN(C)S(=O)(=O)c1cc(F)c(Br)cc1F. The van der Waals surface area contributed by atoms with Gasteiger partial charge in [0.05, 0.1) is 10.6 Å². The number of benzene rings is 1. The zero-order valence-electron chi connectivity index (χ0n) is 9.69. The molecule has 0 heterocycles. The molecule has 1 atom stereocenters. The van der Waals surface area contributed by atoms with E-state index in [1.165, 1.54) is 14.0 Å². The van der Waals surface area contributed by atoms with Crippen LogP contribution in [-0.2, 0) is 10.0 Å². The van der Waals surface area contributed by atoms with E-state index >= 15 is 0 Å². The van der Waals surface area contributed by atoms with Crippen LogP contribution in [0.15, 0.2) is 21.5 Å². The molecule has 1 rings (SSSR count).